The normalized spacial score (nSPS) is 18.2. The smallest absolute Gasteiger partial charge is 0.220 e. The van der Waals surface area contributed by atoms with Gasteiger partial charge in [-0.15, -0.1) is 0 Å². The summed E-state index contributed by atoms with van der Waals surface area (Å²) in [5, 5.41) is 17.4. The van der Waals surface area contributed by atoms with E-state index in [9.17, 15) is 14.7 Å². The molecule has 100 valence electrons. The molecular formula is C12H19N3O3. The Labute approximate surface area is 106 Å². The van der Waals surface area contributed by atoms with Gasteiger partial charge in [-0.25, -0.2) is 0 Å². The van der Waals surface area contributed by atoms with Gasteiger partial charge in [0.05, 0.1) is 5.57 Å². The van der Waals surface area contributed by atoms with E-state index >= 15 is 0 Å². The standard InChI is InChI=1S/C12H19N3O3/c1-7(16)10(8(2)17)11(13)15-5-3-9(4-6-15)12(14)18/h9,13,16H,3-6H2,1-2H3,(H2,14,18). The molecule has 6 nitrogen and oxygen atoms in total. The lowest BCUT2D eigenvalue weighted by molar-refractivity contribution is -0.123. The van der Waals surface area contributed by atoms with Crippen molar-refractivity contribution in [2.75, 3.05) is 13.1 Å². The zero-order valence-corrected chi connectivity index (χ0v) is 10.7. The molecule has 0 aromatic heterocycles. The molecule has 1 aliphatic rings. The number of allylic oxidation sites excluding steroid dienone is 1. The van der Waals surface area contributed by atoms with Crippen molar-refractivity contribution in [2.24, 2.45) is 11.7 Å². The summed E-state index contributed by atoms with van der Waals surface area (Å²) in [7, 11) is 0. The van der Waals surface area contributed by atoms with Crippen molar-refractivity contribution in [3.8, 4) is 0 Å². The van der Waals surface area contributed by atoms with Gasteiger partial charge in [0.2, 0.25) is 5.91 Å². The molecule has 1 rings (SSSR count). The minimum absolute atomic E-state index is 0.0189. The highest BCUT2D eigenvalue weighted by Crippen LogP contribution is 2.19. The predicted molar refractivity (Wildman–Crippen MR) is 67.2 cm³/mol. The fourth-order valence-electron chi connectivity index (χ4n) is 2.14. The molecule has 0 aliphatic carbocycles. The van der Waals surface area contributed by atoms with Crippen LogP contribution >= 0.6 is 0 Å². The summed E-state index contributed by atoms with van der Waals surface area (Å²) in [5.74, 6) is -0.942. The van der Waals surface area contributed by atoms with Crippen LogP contribution < -0.4 is 5.73 Å². The lowest BCUT2D eigenvalue weighted by Gasteiger charge is -2.32. The maximum Gasteiger partial charge on any atom is 0.220 e. The molecule has 0 aromatic carbocycles. The first-order valence-corrected chi connectivity index (χ1v) is 5.88. The number of nitrogens with two attached hydrogens (primary N) is 1. The van der Waals surface area contributed by atoms with E-state index in [-0.39, 0.29) is 34.8 Å². The first kappa shape index (κ1) is 14.2. The number of nitrogens with one attached hydrogen (secondary N) is 1. The Balaban J connectivity index is 2.74. The Kier molecular flexibility index (Phi) is 4.47. The fourth-order valence-corrected chi connectivity index (χ4v) is 2.14. The van der Waals surface area contributed by atoms with E-state index in [0.717, 1.165) is 0 Å². The molecule has 1 fully saturated rings. The number of amides is 1. The Bertz CT molecular complexity index is 403. The summed E-state index contributed by atoms with van der Waals surface area (Å²) in [5.41, 5.74) is 5.27. The van der Waals surface area contributed by atoms with Gasteiger partial charge in [-0.1, -0.05) is 0 Å². The molecule has 0 radical (unpaired) electrons. The first-order chi connectivity index (χ1) is 8.34. The highest BCUT2D eigenvalue weighted by Gasteiger charge is 2.27. The Hall–Kier alpha value is -1.85. The molecule has 0 spiro atoms. The summed E-state index contributed by atoms with van der Waals surface area (Å²) in [4.78, 5) is 24.1. The average molecular weight is 253 g/mol. The maximum atomic E-state index is 11.4. The summed E-state index contributed by atoms with van der Waals surface area (Å²) in [6.07, 6.45) is 1.15. The molecule has 0 unspecified atom stereocenters. The topological polar surface area (TPSA) is 107 Å². The van der Waals surface area contributed by atoms with Crippen molar-refractivity contribution < 1.29 is 14.7 Å². The van der Waals surface area contributed by atoms with E-state index in [2.05, 4.69) is 0 Å². The van der Waals surface area contributed by atoms with Gasteiger partial charge in [-0.3, -0.25) is 15.0 Å². The number of piperidine rings is 1. The number of carbonyl (C=O) groups is 2. The second-order valence-corrected chi connectivity index (χ2v) is 4.53. The molecule has 0 bridgehead atoms. The van der Waals surface area contributed by atoms with Gasteiger partial charge in [0, 0.05) is 19.0 Å². The van der Waals surface area contributed by atoms with Gasteiger partial charge in [0.15, 0.2) is 5.78 Å². The number of primary amides is 1. The first-order valence-electron chi connectivity index (χ1n) is 5.88. The van der Waals surface area contributed by atoms with Gasteiger partial charge in [0.1, 0.15) is 11.6 Å². The number of likely N-dealkylation sites (tertiary alicyclic amines) is 1. The maximum absolute atomic E-state index is 11.4. The van der Waals surface area contributed by atoms with Crippen molar-refractivity contribution in [2.45, 2.75) is 26.7 Å². The molecule has 6 heteroatoms. The fraction of sp³-hybridized carbons (Fsp3) is 0.583. The zero-order valence-electron chi connectivity index (χ0n) is 10.7. The van der Waals surface area contributed by atoms with Crippen molar-refractivity contribution in [3.63, 3.8) is 0 Å². The molecule has 0 atom stereocenters. The van der Waals surface area contributed by atoms with Gasteiger partial charge in [-0.05, 0) is 26.7 Å². The van der Waals surface area contributed by atoms with E-state index in [1.54, 1.807) is 4.90 Å². The second-order valence-electron chi connectivity index (χ2n) is 4.53. The van der Waals surface area contributed by atoms with Crippen LogP contribution in [0.15, 0.2) is 11.3 Å². The third-order valence-electron chi connectivity index (χ3n) is 3.16. The number of amidine groups is 1. The number of hydrogen-bond donors (Lipinski definition) is 3. The molecule has 0 saturated carbocycles. The quantitative estimate of drug-likeness (QED) is 0.296. The van der Waals surface area contributed by atoms with E-state index in [0.29, 0.717) is 25.9 Å². The van der Waals surface area contributed by atoms with Crippen LogP contribution in [0.4, 0.5) is 0 Å². The van der Waals surface area contributed by atoms with Crippen LogP contribution in [0.25, 0.3) is 0 Å². The summed E-state index contributed by atoms with van der Waals surface area (Å²) >= 11 is 0. The van der Waals surface area contributed by atoms with Crippen LogP contribution in [0, 0.1) is 11.3 Å². The van der Waals surface area contributed by atoms with Crippen LogP contribution in [-0.2, 0) is 9.59 Å². The number of nitrogens with zero attached hydrogens (tertiary/aromatic N) is 1. The summed E-state index contributed by atoms with van der Waals surface area (Å²) in [6, 6.07) is 0. The van der Waals surface area contributed by atoms with E-state index in [1.807, 2.05) is 0 Å². The SMILES string of the molecule is CC(=O)C(C(=N)N1CCC(C(N)=O)CC1)=C(C)O. The molecular weight excluding hydrogens is 234 g/mol. The number of Topliss-reactive ketones (excluding diaryl/α,β-unsaturated/α-hetero) is 1. The Morgan fingerprint density at radius 2 is 1.78 bits per heavy atom. The third-order valence-corrected chi connectivity index (χ3v) is 3.16. The van der Waals surface area contributed by atoms with Crippen LogP contribution in [0.2, 0.25) is 0 Å². The highest BCUT2D eigenvalue weighted by molar-refractivity contribution is 6.19. The van der Waals surface area contributed by atoms with Crippen molar-refractivity contribution in [1.82, 2.24) is 4.90 Å². The van der Waals surface area contributed by atoms with E-state index in [1.165, 1.54) is 13.8 Å². The molecule has 4 N–H and O–H groups in total. The number of rotatable bonds is 3. The van der Waals surface area contributed by atoms with Crippen molar-refractivity contribution >= 4 is 17.5 Å². The highest BCUT2D eigenvalue weighted by atomic mass is 16.3. The Morgan fingerprint density at radius 1 is 1.28 bits per heavy atom. The number of aliphatic hydroxyl groups is 1. The minimum atomic E-state index is -0.336. The minimum Gasteiger partial charge on any atom is -0.512 e. The van der Waals surface area contributed by atoms with E-state index < -0.39 is 0 Å². The summed E-state index contributed by atoms with van der Waals surface area (Å²) < 4.78 is 0. The van der Waals surface area contributed by atoms with Crippen molar-refractivity contribution in [3.05, 3.63) is 11.3 Å². The molecule has 1 heterocycles. The van der Waals surface area contributed by atoms with Gasteiger partial charge < -0.3 is 15.7 Å². The van der Waals surface area contributed by atoms with Crippen LogP contribution in [0.5, 0.6) is 0 Å². The molecule has 1 amide bonds. The molecule has 1 aliphatic heterocycles. The second kappa shape index (κ2) is 5.66. The molecule has 18 heavy (non-hydrogen) atoms. The predicted octanol–water partition coefficient (Wildman–Crippen LogP) is 0.582. The average Bonchev–Trinajstić information content (AvgIpc) is 2.28. The van der Waals surface area contributed by atoms with E-state index in [4.69, 9.17) is 11.1 Å². The number of aliphatic hydroxyl groups excluding tert-OH is 1. The van der Waals surface area contributed by atoms with Gasteiger partial charge >= 0.3 is 0 Å². The number of hydrogen-bond acceptors (Lipinski definition) is 4. The Morgan fingerprint density at radius 3 is 2.11 bits per heavy atom. The zero-order chi connectivity index (χ0) is 13.9. The summed E-state index contributed by atoms with van der Waals surface area (Å²) in [6.45, 7) is 3.70. The number of ketones is 1. The lowest BCUT2D eigenvalue weighted by Crippen LogP contribution is -2.43. The van der Waals surface area contributed by atoms with Crippen LogP contribution in [0.3, 0.4) is 0 Å². The number of carbonyl (C=O) groups excluding carboxylic acids is 2. The molecule has 0 aromatic rings. The molecule has 1 saturated heterocycles. The largest absolute Gasteiger partial charge is 0.512 e. The van der Waals surface area contributed by atoms with Gasteiger partial charge in [-0.2, -0.15) is 0 Å². The lowest BCUT2D eigenvalue weighted by atomic mass is 9.95. The monoisotopic (exact) mass is 253 g/mol. The third kappa shape index (κ3) is 3.09. The van der Waals surface area contributed by atoms with Gasteiger partial charge in [0.25, 0.3) is 0 Å². The van der Waals surface area contributed by atoms with Crippen LogP contribution in [-0.4, -0.2) is 40.6 Å². The van der Waals surface area contributed by atoms with Crippen LogP contribution in [0.1, 0.15) is 26.7 Å². The van der Waals surface area contributed by atoms with Crippen molar-refractivity contribution in [1.29, 1.82) is 5.41 Å².